The molecular weight excluding hydrogens is 571 g/mol. The molecule has 2 heterocycles. The Kier molecular flexibility index (Phi) is 12.5. The molecule has 0 fully saturated rings. The van der Waals surface area contributed by atoms with Crippen LogP contribution in [0.2, 0.25) is 0 Å². The van der Waals surface area contributed by atoms with Crippen LogP contribution >= 0.6 is 24.8 Å². The molecule has 38 heavy (non-hydrogen) atoms. The van der Waals surface area contributed by atoms with Gasteiger partial charge in [0.05, 0.1) is 22.9 Å². The average molecular weight is 606 g/mol. The van der Waals surface area contributed by atoms with Crippen LogP contribution in [-0.2, 0) is 20.0 Å². The SMILES string of the molecule is Cl.Cl.O=S(=O)(NCCCCCCNS(=O)(=O)c1ccc(C2=NCCN2)cc1)c1ccc(C2=NCCN2)cc1. The summed E-state index contributed by atoms with van der Waals surface area (Å²) in [4.78, 5) is 9.11. The van der Waals surface area contributed by atoms with Gasteiger partial charge in [-0.25, -0.2) is 26.3 Å². The van der Waals surface area contributed by atoms with Crippen molar-refractivity contribution in [1.29, 1.82) is 0 Å². The van der Waals surface area contributed by atoms with Crippen molar-refractivity contribution < 1.29 is 16.8 Å². The molecule has 0 saturated carbocycles. The number of rotatable bonds is 13. The number of hydrogen-bond acceptors (Lipinski definition) is 8. The molecule has 2 aliphatic rings. The monoisotopic (exact) mass is 604 g/mol. The number of aliphatic imine (C=N–C) groups is 2. The van der Waals surface area contributed by atoms with Crippen LogP contribution in [0.1, 0.15) is 36.8 Å². The molecule has 0 aliphatic carbocycles. The van der Waals surface area contributed by atoms with Crippen molar-refractivity contribution in [2.45, 2.75) is 35.5 Å². The molecule has 14 heteroatoms. The molecule has 4 N–H and O–H groups in total. The lowest BCUT2D eigenvalue weighted by Crippen LogP contribution is -2.26. The number of unbranched alkanes of at least 4 members (excludes halogenated alkanes) is 3. The van der Waals surface area contributed by atoms with E-state index in [1.807, 2.05) is 0 Å². The molecule has 0 spiro atoms. The summed E-state index contributed by atoms with van der Waals surface area (Å²) in [6.07, 6.45) is 2.92. The van der Waals surface area contributed by atoms with Gasteiger partial charge in [-0.15, -0.1) is 24.8 Å². The predicted octanol–water partition coefficient (Wildman–Crippen LogP) is 2.05. The maximum absolute atomic E-state index is 12.5. The van der Waals surface area contributed by atoms with Crippen molar-refractivity contribution in [3.63, 3.8) is 0 Å². The summed E-state index contributed by atoms with van der Waals surface area (Å²) < 4.78 is 55.2. The second kappa shape index (κ2) is 14.8. The van der Waals surface area contributed by atoms with Crippen LogP contribution in [0.3, 0.4) is 0 Å². The first kappa shape index (κ1) is 32.0. The molecule has 0 saturated heterocycles. The Labute approximate surface area is 237 Å². The molecule has 0 atom stereocenters. The van der Waals surface area contributed by atoms with E-state index in [4.69, 9.17) is 0 Å². The van der Waals surface area contributed by atoms with E-state index in [0.29, 0.717) is 25.9 Å². The summed E-state index contributed by atoms with van der Waals surface area (Å²) >= 11 is 0. The van der Waals surface area contributed by atoms with E-state index in [2.05, 4.69) is 30.1 Å². The van der Waals surface area contributed by atoms with Gasteiger partial charge in [0.2, 0.25) is 20.0 Å². The van der Waals surface area contributed by atoms with E-state index in [-0.39, 0.29) is 34.6 Å². The van der Waals surface area contributed by atoms with Crippen molar-refractivity contribution in [3.8, 4) is 0 Å². The van der Waals surface area contributed by atoms with Crippen LogP contribution in [0.5, 0.6) is 0 Å². The highest BCUT2D eigenvalue weighted by Gasteiger charge is 2.16. The second-order valence-corrected chi connectivity index (χ2v) is 12.1. The van der Waals surface area contributed by atoms with Crippen LogP contribution in [-0.4, -0.2) is 67.8 Å². The number of nitrogens with zero attached hydrogens (tertiary/aromatic N) is 2. The van der Waals surface area contributed by atoms with E-state index in [0.717, 1.165) is 61.8 Å². The lowest BCUT2D eigenvalue weighted by molar-refractivity contribution is 0.562. The highest BCUT2D eigenvalue weighted by molar-refractivity contribution is 7.89. The van der Waals surface area contributed by atoms with Gasteiger partial charge in [0.25, 0.3) is 0 Å². The maximum atomic E-state index is 12.5. The summed E-state index contributed by atoms with van der Waals surface area (Å²) in [7, 11) is -7.14. The second-order valence-electron chi connectivity index (χ2n) is 8.57. The van der Waals surface area contributed by atoms with Gasteiger partial charge in [0.15, 0.2) is 0 Å². The molecule has 210 valence electrons. The molecule has 0 radical (unpaired) electrons. The predicted molar refractivity (Wildman–Crippen MR) is 155 cm³/mol. The molecule has 0 aromatic heterocycles. The lowest BCUT2D eigenvalue weighted by Gasteiger charge is -2.09. The smallest absolute Gasteiger partial charge is 0.240 e. The summed E-state index contributed by atoms with van der Waals surface area (Å²) in [5.74, 6) is 1.58. The van der Waals surface area contributed by atoms with Crippen LogP contribution in [0, 0.1) is 0 Å². The fraction of sp³-hybridized carbons (Fsp3) is 0.417. The first-order valence-corrected chi connectivity index (χ1v) is 15.1. The summed E-state index contributed by atoms with van der Waals surface area (Å²) in [5.41, 5.74) is 1.74. The van der Waals surface area contributed by atoms with Crippen LogP contribution in [0.25, 0.3) is 0 Å². The van der Waals surface area contributed by atoms with E-state index in [9.17, 15) is 16.8 Å². The maximum Gasteiger partial charge on any atom is 0.240 e. The van der Waals surface area contributed by atoms with Gasteiger partial charge >= 0.3 is 0 Å². The number of halogens is 2. The lowest BCUT2D eigenvalue weighted by atomic mass is 10.2. The van der Waals surface area contributed by atoms with Gasteiger partial charge < -0.3 is 10.6 Å². The molecule has 2 aromatic rings. The van der Waals surface area contributed by atoms with Gasteiger partial charge in [-0.1, -0.05) is 12.8 Å². The first-order chi connectivity index (χ1) is 17.4. The standard InChI is InChI=1S/C24H32N6O4S2.2ClH/c31-35(32,21-9-5-19(6-10-21)23-25-15-16-26-23)29-13-3-1-2-4-14-30-36(33,34)22-11-7-20(8-12-22)24-27-17-18-28-24;;/h5-12,29-30H,1-4,13-18H2,(H,25,26)(H,27,28);2*1H. The van der Waals surface area contributed by atoms with Gasteiger partial charge in [-0.2, -0.15) is 0 Å². The van der Waals surface area contributed by atoms with Gasteiger partial charge in [0.1, 0.15) is 11.7 Å². The third kappa shape index (κ3) is 8.65. The molecule has 0 bridgehead atoms. The minimum absolute atomic E-state index is 0. The third-order valence-electron chi connectivity index (χ3n) is 5.91. The van der Waals surface area contributed by atoms with Crippen LogP contribution in [0.4, 0.5) is 0 Å². The van der Waals surface area contributed by atoms with Crippen molar-refractivity contribution in [2.75, 3.05) is 39.3 Å². The zero-order chi connectivity index (χ0) is 25.4. The van der Waals surface area contributed by atoms with Gasteiger partial charge in [-0.05, 0) is 61.4 Å². The summed E-state index contributed by atoms with van der Waals surface area (Å²) in [6.45, 7) is 3.71. The van der Waals surface area contributed by atoms with Crippen LogP contribution < -0.4 is 20.1 Å². The Bertz CT molecular complexity index is 1210. The van der Waals surface area contributed by atoms with E-state index in [1.54, 1.807) is 48.5 Å². The number of benzene rings is 2. The summed E-state index contributed by atoms with van der Waals surface area (Å²) in [5, 5.41) is 6.33. The van der Waals surface area contributed by atoms with Gasteiger partial charge in [0, 0.05) is 37.3 Å². The Hall–Kier alpha value is -2.22. The normalized spacial score (nSPS) is 14.9. The Morgan fingerprint density at radius 3 is 1.29 bits per heavy atom. The molecular formula is C24H34Cl2N6O4S2. The molecule has 2 aliphatic heterocycles. The van der Waals surface area contributed by atoms with E-state index < -0.39 is 20.0 Å². The Morgan fingerprint density at radius 1 is 0.605 bits per heavy atom. The van der Waals surface area contributed by atoms with Gasteiger partial charge in [-0.3, -0.25) is 9.98 Å². The highest BCUT2D eigenvalue weighted by atomic mass is 35.5. The zero-order valence-electron chi connectivity index (χ0n) is 20.9. The average Bonchev–Trinajstić information content (AvgIpc) is 3.61. The summed E-state index contributed by atoms with van der Waals surface area (Å²) in [6, 6.07) is 13.3. The quantitative estimate of drug-likeness (QED) is 0.258. The minimum atomic E-state index is -3.57. The topological polar surface area (TPSA) is 141 Å². The first-order valence-electron chi connectivity index (χ1n) is 12.1. The van der Waals surface area contributed by atoms with Crippen molar-refractivity contribution >= 4 is 56.5 Å². The number of hydrogen-bond donors (Lipinski definition) is 4. The molecule has 0 unspecified atom stereocenters. The largest absolute Gasteiger partial charge is 0.368 e. The molecule has 2 aromatic carbocycles. The van der Waals surface area contributed by atoms with Crippen molar-refractivity contribution in [3.05, 3.63) is 59.7 Å². The Morgan fingerprint density at radius 2 is 0.974 bits per heavy atom. The molecule has 10 nitrogen and oxygen atoms in total. The van der Waals surface area contributed by atoms with Crippen molar-refractivity contribution in [2.24, 2.45) is 9.98 Å². The molecule has 4 rings (SSSR count). The fourth-order valence-corrected chi connectivity index (χ4v) is 6.10. The van der Waals surface area contributed by atoms with Crippen LogP contribution in [0.15, 0.2) is 68.3 Å². The molecule has 0 amide bonds. The highest BCUT2D eigenvalue weighted by Crippen LogP contribution is 2.13. The van der Waals surface area contributed by atoms with E-state index in [1.165, 1.54) is 0 Å². The third-order valence-corrected chi connectivity index (χ3v) is 8.87. The van der Waals surface area contributed by atoms with E-state index >= 15 is 0 Å². The van der Waals surface area contributed by atoms with Crippen molar-refractivity contribution in [1.82, 2.24) is 20.1 Å². The minimum Gasteiger partial charge on any atom is -0.368 e. The number of sulfonamides is 2. The Balaban J connectivity index is 0.00000253. The fourth-order valence-electron chi connectivity index (χ4n) is 3.95. The number of amidine groups is 2. The number of nitrogens with one attached hydrogen (secondary N) is 4. The zero-order valence-corrected chi connectivity index (χ0v) is 24.1.